The standard InChI is InChI=1S/C30H40O3SSi/c1-29(2,3)35(5,6)33-21-13-15-23-20(18-21)12-14-25-24(23)16-17-30(4)26(25)19-27(28(30)31)34(32)22-10-8-7-9-11-22/h7-11,13,15,18,24-27H,12,14,16-17,19H2,1-6H3/t24-,25-,26+,27?,30+,34?/m1/s1. The molecule has 3 nitrogen and oxygen atoms in total. The number of benzene rings is 2. The molecule has 0 aromatic heterocycles. The second kappa shape index (κ2) is 8.78. The molecule has 2 fully saturated rings. The Morgan fingerprint density at radius 3 is 2.49 bits per heavy atom. The van der Waals surface area contributed by atoms with Gasteiger partial charge in [-0.3, -0.25) is 4.79 Å². The molecule has 0 amide bonds. The van der Waals surface area contributed by atoms with Crippen LogP contribution < -0.4 is 4.43 Å². The predicted octanol–water partition coefficient (Wildman–Crippen LogP) is 7.28. The summed E-state index contributed by atoms with van der Waals surface area (Å²) in [5.41, 5.74) is 2.56. The molecule has 0 spiro atoms. The van der Waals surface area contributed by atoms with E-state index in [4.69, 9.17) is 4.43 Å². The van der Waals surface area contributed by atoms with Crippen LogP contribution >= 0.6 is 0 Å². The zero-order chi connectivity index (χ0) is 25.2. The molecule has 2 aromatic rings. The van der Waals surface area contributed by atoms with E-state index in [1.807, 2.05) is 30.3 Å². The first-order valence-electron chi connectivity index (χ1n) is 13.2. The summed E-state index contributed by atoms with van der Waals surface area (Å²) in [6, 6.07) is 16.4. The topological polar surface area (TPSA) is 49.4 Å². The minimum atomic E-state index is -1.87. The largest absolute Gasteiger partial charge is 0.611 e. The van der Waals surface area contributed by atoms with Crippen LogP contribution in [0.5, 0.6) is 5.75 Å². The summed E-state index contributed by atoms with van der Waals surface area (Å²) in [6.45, 7) is 13.6. The molecule has 0 heterocycles. The summed E-state index contributed by atoms with van der Waals surface area (Å²) in [6.07, 6.45) is 4.86. The van der Waals surface area contributed by atoms with Gasteiger partial charge in [-0.1, -0.05) is 52.0 Å². The summed E-state index contributed by atoms with van der Waals surface area (Å²) in [5.74, 6) is 2.57. The average molecular weight is 509 g/mol. The molecule has 188 valence electrons. The van der Waals surface area contributed by atoms with Crippen LogP contribution in [-0.2, 0) is 22.4 Å². The molecule has 3 aliphatic carbocycles. The summed E-state index contributed by atoms with van der Waals surface area (Å²) in [7, 11) is -1.87. The lowest BCUT2D eigenvalue weighted by Gasteiger charge is -2.48. The molecular formula is C30H40O3SSi. The lowest BCUT2D eigenvalue weighted by Crippen LogP contribution is -2.44. The smallest absolute Gasteiger partial charge is 0.250 e. The lowest BCUT2D eigenvalue weighted by molar-refractivity contribution is -0.129. The van der Waals surface area contributed by atoms with Crippen LogP contribution in [0.25, 0.3) is 0 Å². The van der Waals surface area contributed by atoms with E-state index in [1.165, 1.54) is 11.1 Å². The van der Waals surface area contributed by atoms with E-state index in [-0.39, 0.29) is 21.5 Å². The average Bonchev–Trinajstić information content (AvgIpc) is 3.08. The summed E-state index contributed by atoms with van der Waals surface area (Å²) in [4.78, 5) is 14.4. The highest BCUT2D eigenvalue weighted by Gasteiger charge is 2.61. The summed E-state index contributed by atoms with van der Waals surface area (Å²) in [5, 5.41) is -0.194. The number of carbonyl (C=O) groups is 1. The number of hydrogen-bond acceptors (Lipinski definition) is 3. The number of hydrogen-bond donors (Lipinski definition) is 0. The van der Waals surface area contributed by atoms with Crippen molar-refractivity contribution in [3.63, 3.8) is 0 Å². The Labute approximate surface area is 215 Å². The van der Waals surface area contributed by atoms with Gasteiger partial charge in [-0.2, -0.15) is 0 Å². The third-order valence-electron chi connectivity index (χ3n) is 9.82. The van der Waals surface area contributed by atoms with Crippen LogP contribution in [0.2, 0.25) is 18.1 Å². The molecule has 0 saturated heterocycles. The van der Waals surface area contributed by atoms with E-state index < -0.39 is 19.5 Å². The Morgan fingerprint density at radius 2 is 1.80 bits per heavy atom. The van der Waals surface area contributed by atoms with Gasteiger partial charge in [-0.15, -0.1) is 0 Å². The number of carbonyl (C=O) groups excluding carboxylic acids is 1. The molecular weight excluding hydrogens is 468 g/mol. The Balaban J connectivity index is 1.38. The number of fused-ring (bicyclic) bond motifs is 5. The fraction of sp³-hybridized carbons (Fsp3) is 0.567. The van der Waals surface area contributed by atoms with E-state index in [1.54, 1.807) is 0 Å². The van der Waals surface area contributed by atoms with E-state index in [0.717, 1.165) is 42.7 Å². The van der Waals surface area contributed by atoms with E-state index in [9.17, 15) is 9.35 Å². The minimum Gasteiger partial charge on any atom is -0.611 e. The molecule has 0 aliphatic heterocycles. The number of Topliss-reactive ketones (excluding diaryl/α,β-unsaturated/α-hetero) is 1. The molecule has 6 atom stereocenters. The summed E-state index contributed by atoms with van der Waals surface area (Å²) < 4.78 is 20.0. The van der Waals surface area contributed by atoms with Crippen LogP contribution in [0.3, 0.4) is 0 Å². The maximum atomic E-state index is 13.6. The zero-order valence-electron chi connectivity index (χ0n) is 22.1. The molecule has 35 heavy (non-hydrogen) atoms. The Morgan fingerprint density at radius 1 is 1.09 bits per heavy atom. The monoisotopic (exact) mass is 508 g/mol. The third-order valence-corrected chi connectivity index (χ3v) is 15.8. The van der Waals surface area contributed by atoms with E-state index in [0.29, 0.717) is 17.8 Å². The van der Waals surface area contributed by atoms with Crippen LogP contribution in [-0.4, -0.2) is 23.9 Å². The minimum absolute atomic E-state index is 0.174. The van der Waals surface area contributed by atoms with Crippen molar-refractivity contribution in [3.8, 4) is 5.75 Å². The highest BCUT2D eigenvalue weighted by Crippen LogP contribution is 2.60. The van der Waals surface area contributed by atoms with E-state index in [2.05, 4.69) is 59.0 Å². The third kappa shape index (κ3) is 4.21. The maximum absolute atomic E-state index is 13.6. The van der Waals surface area contributed by atoms with Crippen LogP contribution in [0, 0.1) is 17.3 Å². The van der Waals surface area contributed by atoms with Gasteiger partial charge in [0.25, 0.3) is 0 Å². The van der Waals surface area contributed by atoms with Crippen LogP contribution in [0.1, 0.15) is 70.4 Å². The molecule has 2 saturated carbocycles. The van der Waals surface area contributed by atoms with E-state index >= 15 is 0 Å². The molecule has 0 radical (unpaired) electrons. The van der Waals surface area contributed by atoms with Gasteiger partial charge in [0, 0.05) is 11.8 Å². The first-order valence-corrected chi connectivity index (χ1v) is 17.4. The van der Waals surface area contributed by atoms with Gasteiger partial charge in [0.2, 0.25) is 8.32 Å². The second-order valence-corrected chi connectivity index (χ2v) is 19.2. The highest BCUT2D eigenvalue weighted by atomic mass is 32.2. The van der Waals surface area contributed by atoms with Crippen molar-refractivity contribution >= 4 is 25.3 Å². The molecule has 2 aromatic carbocycles. The molecule has 5 heteroatoms. The van der Waals surface area contributed by atoms with Crippen molar-refractivity contribution in [2.75, 3.05) is 0 Å². The van der Waals surface area contributed by atoms with Crippen molar-refractivity contribution in [3.05, 3.63) is 59.7 Å². The molecule has 0 N–H and O–H groups in total. The van der Waals surface area contributed by atoms with Crippen LogP contribution in [0.15, 0.2) is 53.4 Å². The molecule has 2 unspecified atom stereocenters. The quantitative estimate of drug-likeness (QED) is 0.322. The fourth-order valence-corrected chi connectivity index (χ4v) is 9.36. The first-order chi connectivity index (χ1) is 16.4. The highest BCUT2D eigenvalue weighted by molar-refractivity contribution is 7.92. The number of ketones is 1. The second-order valence-electron chi connectivity index (χ2n) is 12.8. The fourth-order valence-electron chi connectivity index (χ4n) is 6.74. The number of rotatable bonds is 4. The molecule has 3 aliphatic rings. The van der Waals surface area contributed by atoms with Gasteiger partial charge in [-0.25, -0.2) is 0 Å². The van der Waals surface area contributed by atoms with Gasteiger partial charge in [0.1, 0.15) is 5.75 Å². The summed E-state index contributed by atoms with van der Waals surface area (Å²) >= 11 is -1.27. The molecule has 5 rings (SSSR count). The van der Waals surface area contributed by atoms with Gasteiger partial charge in [0.15, 0.2) is 15.9 Å². The van der Waals surface area contributed by atoms with Gasteiger partial charge < -0.3 is 8.98 Å². The zero-order valence-corrected chi connectivity index (χ0v) is 23.9. The first kappa shape index (κ1) is 25.1. The molecule has 0 bridgehead atoms. The number of aryl methyl sites for hydroxylation is 1. The van der Waals surface area contributed by atoms with Crippen molar-refractivity contribution in [2.24, 2.45) is 17.3 Å². The SMILES string of the molecule is CC(C)(C)[Si](C)(C)Oc1ccc2c(c1)CC[C@@H]1[C@@H]2CC[C@]2(C)C(=O)C([S+]([O-])c3ccccc3)C[C@@H]12. The Hall–Kier alpha value is -1.56. The van der Waals surface area contributed by atoms with Crippen LogP contribution in [0.4, 0.5) is 0 Å². The lowest BCUT2D eigenvalue weighted by atomic mass is 9.55. The van der Waals surface area contributed by atoms with Crippen molar-refractivity contribution in [1.82, 2.24) is 0 Å². The normalized spacial score (nSPS) is 31.3. The Bertz CT molecular complexity index is 1110. The van der Waals surface area contributed by atoms with Crippen molar-refractivity contribution < 1.29 is 13.8 Å². The maximum Gasteiger partial charge on any atom is 0.250 e. The van der Waals surface area contributed by atoms with Gasteiger partial charge >= 0.3 is 0 Å². The predicted molar refractivity (Wildman–Crippen MR) is 146 cm³/mol. The van der Waals surface area contributed by atoms with Gasteiger partial charge in [-0.05, 0) is 108 Å². The Kier molecular flexibility index (Phi) is 6.29. The van der Waals surface area contributed by atoms with Crippen molar-refractivity contribution in [2.45, 2.75) is 94.0 Å². The van der Waals surface area contributed by atoms with Gasteiger partial charge in [0.05, 0.1) is 0 Å². The van der Waals surface area contributed by atoms with Crippen molar-refractivity contribution in [1.29, 1.82) is 0 Å².